The minimum absolute atomic E-state index is 0.106. The lowest BCUT2D eigenvalue weighted by Crippen LogP contribution is -2.53. The third kappa shape index (κ3) is 2.56. The maximum atomic E-state index is 12.3. The van der Waals surface area contributed by atoms with Gasteiger partial charge in [0.1, 0.15) is 6.04 Å². The largest absolute Gasteiger partial charge is 0.480 e. The van der Waals surface area contributed by atoms with Crippen LogP contribution in [0, 0.1) is 0 Å². The van der Waals surface area contributed by atoms with E-state index in [0.717, 1.165) is 0 Å². The second-order valence-corrected chi connectivity index (χ2v) is 6.04. The summed E-state index contributed by atoms with van der Waals surface area (Å²) in [5, 5.41) is 18.4. The monoisotopic (exact) mass is 274 g/mol. The van der Waals surface area contributed by atoms with Crippen LogP contribution < -0.4 is 0 Å². The van der Waals surface area contributed by atoms with Gasteiger partial charge in [0.15, 0.2) is 0 Å². The molecule has 0 radical (unpaired) electrons. The average molecular weight is 274 g/mol. The van der Waals surface area contributed by atoms with Crippen LogP contribution in [0.25, 0.3) is 0 Å². The number of thioether (sulfide) groups is 1. The molecule has 0 saturated carbocycles. The number of carboxylic acid groups (broad SMARTS) is 1. The third-order valence-electron chi connectivity index (χ3n) is 3.46. The lowest BCUT2D eigenvalue weighted by molar-refractivity contribution is -0.141. The molecule has 2 aliphatic heterocycles. The molecule has 0 bridgehead atoms. The molecule has 0 aromatic carbocycles. The first-order valence-electron chi connectivity index (χ1n) is 6.10. The molecule has 2 heterocycles. The Morgan fingerprint density at radius 3 is 2.44 bits per heavy atom. The van der Waals surface area contributed by atoms with Crippen molar-refractivity contribution in [1.82, 2.24) is 9.80 Å². The fraction of sp³-hybridized carbons (Fsp3) is 0.818. The summed E-state index contributed by atoms with van der Waals surface area (Å²) in [6.07, 6.45) is 0.798. The van der Waals surface area contributed by atoms with Crippen LogP contribution in [-0.4, -0.2) is 68.4 Å². The quantitative estimate of drug-likeness (QED) is 0.724. The van der Waals surface area contributed by atoms with Crippen molar-refractivity contribution in [3.63, 3.8) is 0 Å². The van der Waals surface area contributed by atoms with Crippen LogP contribution in [0.5, 0.6) is 0 Å². The SMILES string of the molecule is CC1SCC(C(=O)O)N1C(=O)N1CCC(O)CC1. The summed E-state index contributed by atoms with van der Waals surface area (Å²) < 4.78 is 0. The number of hydrogen-bond donors (Lipinski definition) is 2. The van der Waals surface area contributed by atoms with Crippen LogP contribution in [0.3, 0.4) is 0 Å². The molecule has 0 aromatic rings. The lowest BCUT2D eigenvalue weighted by Gasteiger charge is -2.35. The number of carbonyl (C=O) groups is 2. The van der Waals surface area contributed by atoms with Gasteiger partial charge in [-0.05, 0) is 19.8 Å². The van der Waals surface area contributed by atoms with Gasteiger partial charge in [-0.3, -0.25) is 4.90 Å². The van der Waals surface area contributed by atoms with Gasteiger partial charge in [-0.25, -0.2) is 9.59 Å². The summed E-state index contributed by atoms with van der Waals surface area (Å²) in [5.41, 5.74) is 0. The Bertz CT molecular complexity index is 344. The summed E-state index contributed by atoms with van der Waals surface area (Å²) in [7, 11) is 0. The molecular formula is C11H18N2O4S. The Labute approximate surface area is 110 Å². The molecule has 2 amide bonds. The van der Waals surface area contributed by atoms with Gasteiger partial charge in [0.2, 0.25) is 0 Å². The lowest BCUT2D eigenvalue weighted by atomic mass is 10.1. The number of urea groups is 1. The van der Waals surface area contributed by atoms with Gasteiger partial charge >= 0.3 is 12.0 Å². The van der Waals surface area contributed by atoms with Gasteiger partial charge < -0.3 is 15.1 Å². The third-order valence-corrected chi connectivity index (χ3v) is 4.68. The molecule has 2 fully saturated rings. The molecule has 102 valence electrons. The van der Waals surface area contributed by atoms with E-state index in [9.17, 15) is 14.7 Å². The Morgan fingerprint density at radius 1 is 1.28 bits per heavy atom. The summed E-state index contributed by atoms with van der Waals surface area (Å²) >= 11 is 1.48. The van der Waals surface area contributed by atoms with Crippen LogP contribution in [-0.2, 0) is 4.79 Å². The number of hydrogen-bond acceptors (Lipinski definition) is 4. The van der Waals surface area contributed by atoms with E-state index in [1.165, 1.54) is 16.7 Å². The van der Waals surface area contributed by atoms with Gasteiger partial charge in [0.05, 0.1) is 11.5 Å². The number of carbonyl (C=O) groups excluding carboxylic acids is 1. The van der Waals surface area contributed by atoms with Crippen molar-refractivity contribution < 1.29 is 19.8 Å². The van der Waals surface area contributed by atoms with Gasteiger partial charge in [-0.1, -0.05) is 0 Å². The van der Waals surface area contributed by atoms with Crippen LogP contribution >= 0.6 is 11.8 Å². The minimum atomic E-state index is -0.947. The normalized spacial score (nSPS) is 29.7. The van der Waals surface area contributed by atoms with Crippen molar-refractivity contribution >= 4 is 23.8 Å². The molecule has 7 heteroatoms. The Morgan fingerprint density at radius 2 is 1.89 bits per heavy atom. The standard InChI is InChI=1S/C11H18N2O4S/c1-7-13(9(6-18-7)10(15)16)11(17)12-4-2-8(14)3-5-12/h7-9,14H,2-6H2,1H3,(H,15,16). The highest BCUT2D eigenvalue weighted by Crippen LogP contribution is 2.30. The molecule has 2 rings (SSSR count). The van der Waals surface area contributed by atoms with Gasteiger partial charge in [-0.2, -0.15) is 0 Å². The van der Waals surface area contributed by atoms with E-state index >= 15 is 0 Å². The van der Waals surface area contributed by atoms with Crippen molar-refractivity contribution in [2.24, 2.45) is 0 Å². The zero-order valence-electron chi connectivity index (χ0n) is 10.3. The predicted octanol–water partition coefficient (Wildman–Crippen LogP) is 0.411. The average Bonchev–Trinajstić information content (AvgIpc) is 2.71. The molecule has 18 heavy (non-hydrogen) atoms. The first-order chi connectivity index (χ1) is 8.50. The molecule has 6 nitrogen and oxygen atoms in total. The second kappa shape index (κ2) is 5.36. The molecule has 2 aliphatic rings. The number of amides is 2. The van der Waals surface area contributed by atoms with Crippen LogP contribution in [0.2, 0.25) is 0 Å². The highest BCUT2D eigenvalue weighted by molar-refractivity contribution is 8.00. The maximum absolute atomic E-state index is 12.3. The maximum Gasteiger partial charge on any atom is 0.327 e. The number of aliphatic hydroxyl groups is 1. The Balaban J connectivity index is 2.04. The van der Waals surface area contributed by atoms with Gasteiger partial charge in [0, 0.05) is 18.8 Å². The van der Waals surface area contributed by atoms with Gasteiger partial charge in [-0.15, -0.1) is 11.8 Å². The van der Waals surface area contributed by atoms with Crippen molar-refractivity contribution in [2.75, 3.05) is 18.8 Å². The summed E-state index contributed by atoms with van der Waals surface area (Å²) in [6.45, 7) is 2.85. The first-order valence-corrected chi connectivity index (χ1v) is 7.15. The van der Waals surface area contributed by atoms with Crippen molar-refractivity contribution in [3.05, 3.63) is 0 Å². The number of aliphatic hydroxyl groups excluding tert-OH is 1. The van der Waals surface area contributed by atoms with E-state index in [2.05, 4.69) is 0 Å². The fourth-order valence-corrected chi connectivity index (χ4v) is 3.51. The first kappa shape index (κ1) is 13.5. The van der Waals surface area contributed by atoms with E-state index in [1.54, 1.807) is 4.90 Å². The number of piperidine rings is 1. The molecule has 2 saturated heterocycles. The summed E-state index contributed by atoms with van der Waals surface area (Å²) in [6, 6.07) is -0.948. The zero-order valence-corrected chi connectivity index (χ0v) is 11.1. The molecule has 0 aliphatic carbocycles. The second-order valence-electron chi connectivity index (χ2n) is 4.69. The summed E-state index contributed by atoms with van der Waals surface area (Å²) in [4.78, 5) is 26.5. The van der Waals surface area contributed by atoms with E-state index in [4.69, 9.17) is 5.11 Å². The van der Waals surface area contributed by atoms with Crippen molar-refractivity contribution in [3.8, 4) is 0 Å². The molecule has 2 N–H and O–H groups in total. The van der Waals surface area contributed by atoms with Gasteiger partial charge in [0.25, 0.3) is 0 Å². The molecule has 2 unspecified atom stereocenters. The highest BCUT2D eigenvalue weighted by atomic mass is 32.2. The highest BCUT2D eigenvalue weighted by Gasteiger charge is 2.41. The number of likely N-dealkylation sites (tertiary alicyclic amines) is 1. The van der Waals surface area contributed by atoms with E-state index in [1.807, 2.05) is 6.92 Å². The molecular weight excluding hydrogens is 256 g/mol. The van der Waals surface area contributed by atoms with Crippen molar-refractivity contribution in [2.45, 2.75) is 37.3 Å². The predicted molar refractivity (Wildman–Crippen MR) is 67.4 cm³/mol. The Hall–Kier alpha value is -0.950. The number of nitrogens with zero attached hydrogens (tertiary/aromatic N) is 2. The summed E-state index contributed by atoms with van der Waals surface area (Å²) in [5.74, 6) is -0.504. The topological polar surface area (TPSA) is 81.1 Å². The number of aliphatic carboxylic acids is 1. The van der Waals surface area contributed by atoms with E-state index in [-0.39, 0.29) is 17.5 Å². The molecule has 2 atom stereocenters. The Kier molecular flexibility index (Phi) is 4.01. The smallest absolute Gasteiger partial charge is 0.327 e. The molecule has 0 spiro atoms. The minimum Gasteiger partial charge on any atom is -0.480 e. The van der Waals surface area contributed by atoms with Crippen LogP contribution in [0.1, 0.15) is 19.8 Å². The van der Waals surface area contributed by atoms with Crippen LogP contribution in [0.4, 0.5) is 4.79 Å². The number of rotatable bonds is 1. The zero-order chi connectivity index (χ0) is 13.3. The van der Waals surface area contributed by atoms with E-state index < -0.39 is 12.0 Å². The number of carboxylic acids is 1. The fourth-order valence-electron chi connectivity index (χ4n) is 2.34. The van der Waals surface area contributed by atoms with Crippen LogP contribution in [0.15, 0.2) is 0 Å². The molecule has 0 aromatic heterocycles. The van der Waals surface area contributed by atoms with Crippen molar-refractivity contribution in [1.29, 1.82) is 0 Å². The van der Waals surface area contributed by atoms with E-state index in [0.29, 0.717) is 31.7 Å².